The first-order valence-electron chi connectivity index (χ1n) is 7.87. The van der Waals surface area contributed by atoms with Crippen LogP contribution in [-0.2, 0) is 17.6 Å². The van der Waals surface area contributed by atoms with Crippen molar-refractivity contribution in [3.05, 3.63) is 71.8 Å². The number of hydrogen-bond donors (Lipinski definition) is 2. The van der Waals surface area contributed by atoms with Crippen LogP contribution in [0, 0.1) is 0 Å². The van der Waals surface area contributed by atoms with E-state index in [0.29, 0.717) is 25.0 Å². The van der Waals surface area contributed by atoms with Crippen LogP contribution in [-0.4, -0.2) is 29.2 Å². The van der Waals surface area contributed by atoms with Gasteiger partial charge in [0.15, 0.2) is 17.3 Å². The normalized spacial score (nSPS) is 12.2. The van der Waals surface area contributed by atoms with Crippen LogP contribution in [0.15, 0.2) is 60.7 Å². The molecule has 24 heavy (non-hydrogen) atoms. The monoisotopic (exact) mass is 326 g/mol. The Kier molecular flexibility index (Phi) is 6.58. The number of carbonyl (C=O) groups is 1. The van der Waals surface area contributed by atoms with Crippen LogP contribution in [0.5, 0.6) is 11.5 Å². The number of rotatable bonds is 8. The van der Waals surface area contributed by atoms with Crippen molar-refractivity contribution >= 4 is 5.78 Å². The van der Waals surface area contributed by atoms with Gasteiger partial charge in [-0.2, -0.15) is 0 Å². The summed E-state index contributed by atoms with van der Waals surface area (Å²) in [4.78, 5) is 11.9. The summed E-state index contributed by atoms with van der Waals surface area (Å²) in [6.45, 7) is 0. The Morgan fingerprint density at radius 3 is 2.62 bits per heavy atom. The van der Waals surface area contributed by atoms with Gasteiger partial charge in [0.05, 0.1) is 13.2 Å². The molecule has 2 N–H and O–H groups in total. The van der Waals surface area contributed by atoms with E-state index in [1.54, 1.807) is 12.1 Å². The number of phenols is 1. The third-order valence-electron chi connectivity index (χ3n) is 3.70. The molecule has 0 aliphatic carbocycles. The number of ether oxygens (including phenoxy) is 1. The number of aliphatic hydroxyl groups excluding tert-OH is 1. The third-order valence-corrected chi connectivity index (χ3v) is 3.70. The van der Waals surface area contributed by atoms with Gasteiger partial charge in [0.2, 0.25) is 0 Å². The SMILES string of the molecule is COc1cc(C[C@@H](O)C=CC(=O)CCc2ccccc2)ccc1O. The zero-order valence-electron chi connectivity index (χ0n) is 13.7. The summed E-state index contributed by atoms with van der Waals surface area (Å²) < 4.78 is 5.04. The van der Waals surface area contributed by atoms with Crippen LogP contribution >= 0.6 is 0 Å². The molecule has 0 saturated heterocycles. The van der Waals surface area contributed by atoms with Crippen molar-refractivity contribution in [2.75, 3.05) is 7.11 Å². The van der Waals surface area contributed by atoms with Crippen LogP contribution in [0.3, 0.4) is 0 Å². The van der Waals surface area contributed by atoms with Gasteiger partial charge < -0.3 is 14.9 Å². The highest BCUT2D eigenvalue weighted by atomic mass is 16.5. The maximum absolute atomic E-state index is 11.9. The molecule has 2 rings (SSSR count). The summed E-state index contributed by atoms with van der Waals surface area (Å²) in [6, 6.07) is 14.7. The minimum Gasteiger partial charge on any atom is -0.504 e. The van der Waals surface area contributed by atoms with Gasteiger partial charge in [0.25, 0.3) is 0 Å². The second kappa shape index (κ2) is 8.89. The lowest BCUT2D eigenvalue weighted by molar-refractivity contribution is -0.114. The van der Waals surface area contributed by atoms with Crippen molar-refractivity contribution in [3.63, 3.8) is 0 Å². The van der Waals surface area contributed by atoms with Crippen LogP contribution in [0.2, 0.25) is 0 Å². The summed E-state index contributed by atoms with van der Waals surface area (Å²) >= 11 is 0. The Morgan fingerprint density at radius 2 is 1.92 bits per heavy atom. The second-order valence-electron chi connectivity index (χ2n) is 5.59. The molecule has 4 nitrogen and oxygen atoms in total. The van der Waals surface area contributed by atoms with Crippen LogP contribution < -0.4 is 4.74 Å². The number of benzene rings is 2. The standard InChI is InChI=1S/C20H22O4/c1-24-20-14-16(8-12-19(20)23)13-18(22)11-10-17(21)9-7-15-5-3-2-4-6-15/h2-6,8,10-12,14,18,22-23H,7,9,13H2,1H3/t18-/m0/s1. The molecule has 0 radical (unpaired) electrons. The fourth-order valence-corrected chi connectivity index (χ4v) is 2.37. The zero-order chi connectivity index (χ0) is 17.4. The molecule has 0 amide bonds. The first-order valence-corrected chi connectivity index (χ1v) is 7.87. The molecular formula is C20H22O4. The maximum Gasteiger partial charge on any atom is 0.160 e. The molecule has 0 aromatic heterocycles. The molecule has 0 saturated carbocycles. The predicted molar refractivity (Wildman–Crippen MR) is 93.3 cm³/mol. The van der Waals surface area contributed by atoms with Gasteiger partial charge in [-0.15, -0.1) is 0 Å². The molecular weight excluding hydrogens is 304 g/mol. The fourth-order valence-electron chi connectivity index (χ4n) is 2.37. The Balaban J connectivity index is 1.83. The van der Waals surface area contributed by atoms with Crippen LogP contribution in [0.4, 0.5) is 0 Å². The van der Waals surface area contributed by atoms with Crippen LogP contribution in [0.25, 0.3) is 0 Å². The molecule has 1 atom stereocenters. The lowest BCUT2D eigenvalue weighted by Gasteiger charge is -2.09. The van der Waals surface area contributed by atoms with E-state index in [0.717, 1.165) is 11.1 Å². The van der Waals surface area contributed by atoms with Crippen molar-refractivity contribution in [2.45, 2.75) is 25.4 Å². The molecule has 0 aliphatic heterocycles. The average molecular weight is 326 g/mol. The summed E-state index contributed by atoms with van der Waals surface area (Å²) in [5.74, 6) is 0.408. The Hall–Kier alpha value is -2.59. The van der Waals surface area contributed by atoms with Crippen molar-refractivity contribution < 1.29 is 19.7 Å². The van der Waals surface area contributed by atoms with Gasteiger partial charge in [0.1, 0.15) is 0 Å². The average Bonchev–Trinajstić information content (AvgIpc) is 2.60. The van der Waals surface area contributed by atoms with E-state index in [9.17, 15) is 15.0 Å². The highest BCUT2D eigenvalue weighted by Gasteiger charge is 2.07. The summed E-state index contributed by atoms with van der Waals surface area (Å²) in [5.41, 5.74) is 1.94. The summed E-state index contributed by atoms with van der Waals surface area (Å²) in [7, 11) is 1.47. The number of carbonyl (C=O) groups excluding carboxylic acids is 1. The van der Waals surface area contributed by atoms with Crippen molar-refractivity contribution in [2.24, 2.45) is 0 Å². The Labute approximate surface area is 142 Å². The van der Waals surface area contributed by atoms with Crippen molar-refractivity contribution in [3.8, 4) is 11.5 Å². The smallest absolute Gasteiger partial charge is 0.160 e. The first kappa shape index (κ1) is 17.8. The number of phenolic OH excluding ortho intramolecular Hbond substituents is 1. The van der Waals surface area contributed by atoms with Gasteiger partial charge in [-0.1, -0.05) is 42.5 Å². The molecule has 2 aromatic carbocycles. The number of aryl methyl sites for hydroxylation is 1. The molecule has 0 bridgehead atoms. The minimum absolute atomic E-state index is 0.0128. The molecule has 126 valence electrons. The quantitative estimate of drug-likeness (QED) is 0.732. The van der Waals surface area contributed by atoms with Gasteiger partial charge >= 0.3 is 0 Å². The molecule has 0 heterocycles. The number of aliphatic hydroxyl groups is 1. The first-order chi connectivity index (χ1) is 11.6. The number of hydrogen-bond acceptors (Lipinski definition) is 4. The fraction of sp³-hybridized carbons (Fsp3) is 0.250. The third kappa shape index (κ3) is 5.56. The minimum atomic E-state index is -0.764. The number of methoxy groups -OCH3 is 1. The predicted octanol–water partition coefficient (Wildman–Crippen LogP) is 3.06. The van der Waals surface area contributed by atoms with Crippen molar-refractivity contribution in [1.29, 1.82) is 0 Å². The molecule has 0 unspecified atom stereocenters. The van der Waals surface area contributed by atoms with E-state index in [2.05, 4.69) is 0 Å². The van der Waals surface area contributed by atoms with Gasteiger partial charge in [-0.3, -0.25) is 4.79 Å². The lowest BCUT2D eigenvalue weighted by atomic mass is 10.0. The van der Waals surface area contributed by atoms with Gasteiger partial charge in [-0.05, 0) is 35.8 Å². The van der Waals surface area contributed by atoms with Crippen molar-refractivity contribution in [1.82, 2.24) is 0 Å². The highest BCUT2D eigenvalue weighted by molar-refractivity contribution is 5.89. The summed E-state index contributed by atoms with van der Waals surface area (Å²) in [6.07, 6.45) is 3.63. The van der Waals surface area contributed by atoms with E-state index >= 15 is 0 Å². The van der Waals surface area contributed by atoms with E-state index in [1.165, 1.54) is 25.3 Å². The molecule has 0 fully saturated rings. The Morgan fingerprint density at radius 1 is 1.17 bits per heavy atom. The van der Waals surface area contributed by atoms with E-state index < -0.39 is 6.10 Å². The second-order valence-corrected chi connectivity index (χ2v) is 5.59. The van der Waals surface area contributed by atoms with Crippen LogP contribution in [0.1, 0.15) is 17.5 Å². The van der Waals surface area contributed by atoms with Gasteiger partial charge in [0, 0.05) is 12.8 Å². The maximum atomic E-state index is 11.9. The number of ketones is 1. The molecule has 0 aliphatic rings. The van der Waals surface area contributed by atoms with E-state index in [-0.39, 0.29) is 11.5 Å². The number of aromatic hydroxyl groups is 1. The topological polar surface area (TPSA) is 66.8 Å². The molecule has 2 aromatic rings. The van der Waals surface area contributed by atoms with E-state index in [4.69, 9.17) is 4.74 Å². The van der Waals surface area contributed by atoms with Gasteiger partial charge in [-0.25, -0.2) is 0 Å². The Bertz CT molecular complexity index is 692. The lowest BCUT2D eigenvalue weighted by Crippen LogP contribution is -2.08. The molecule has 0 spiro atoms. The molecule has 4 heteroatoms. The highest BCUT2D eigenvalue weighted by Crippen LogP contribution is 2.26. The number of allylic oxidation sites excluding steroid dienone is 1. The summed E-state index contributed by atoms with van der Waals surface area (Å²) in [5, 5.41) is 19.6. The van der Waals surface area contributed by atoms with E-state index in [1.807, 2.05) is 30.3 Å². The zero-order valence-corrected chi connectivity index (χ0v) is 13.7. The largest absolute Gasteiger partial charge is 0.504 e.